The molecule has 1 fully saturated rings. The number of nitrogens with zero attached hydrogens (tertiary/aromatic N) is 3. The fourth-order valence-electron chi connectivity index (χ4n) is 3.26. The summed E-state index contributed by atoms with van der Waals surface area (Å²) in [5, 5.41) is 2.06. The molecular weight excluding hydrogens is 278 g/mol. The van der Waals surface area contributed by atoms with E-state index in [1.54, 1.807) is 11.3 Å². The van der Waals surface area contributed by atoms with Crippen LogP contribution >= 0.6 is 22.9 Å². The number of aromatic nitrogens is 2. The van der Waals surface area contributed by atoms with Crippen LogP contribution in [-0.4, -0.2) is 22.5 Å². The molecule has 0 aliphatic heterocycles. The second-order valence-corrected chi connectivity index (χ2v) is 6.65. The summed E-state index contributed by atoms with van der Waals surface area (Å²) in [6.45, 7) is 2.36. The first-order valence-corrected chi connectivity index (χ1v) is 8.37. The van der Waals surface area contributed by atoms with Crippen LogP contribution in [0.5, 0.6) is 0 Å². The van der Waals surface area contributed by atoms with Crippen molar-refractivity contribution in [3.8, 4) is 0 Å². The SMILES string of the molecule is CC1CCCCC1N(C)c1nc2sccn2c1CCl. The van der Waals surface area contributed by atoms with Crippen molar-refractivity contribution in [2.75, 3.05) is 11.9 Å². The van der Waals surface area contributed by atoms with Gasteiger partial charge in [-0.05, 0) is 18.8 Å². The number of thiazole rings is 1. The molecule has 1 aliphatic rings. The Morgan fingerprint density at radius 2 is 2.26 bits per heavy atom. The Morgan fingerprint density at radius 3 is 3.00 bits per heavy atom. The van der Waals surface area contributed by atoms with Crippen LogP contribution in [0.15, 0.2) is 11.6 Å². The summed E-state index contributed by atoms with van der Waals surface area (Å²) in [6, 6.07) is 0.598. The van der Waals surface area contributed by atoms with Gasteiger partial charge in [0, 0.05) is 24.7 Å². The van der Waals surface area contributed by atoms with E-state index in [4.69, 9.17) is 16.6 Å². The van der Waals surface area contributed by atoms with Gasteiger partial charge in [0.1, 0.15) is 0 Å². The van der Waals surface area contributed by atoms with Crippen LogP contribution in [0.1, 0.15) is 38.3 Å². The first-order valence-electron chi connectivity index (χ1n) is 6.95. The predicted molar refractivity (Wildman–Crippen MR) is 82.4 cm³/mol. The Hall–Kier alpha value is -0.740. The molecule has 2 aromatic heterocycles. The maximum atomic E-state index is 6.15. The van der Waals surface area contributed by atoms with Gasteiger partial charge in [0.2, 0.25) is 0 Å². The van der Waals surface area contributed by atoms with Crippen LogP contribution in [0, 0.1) is 5.92 Å². The second-order valence-electron chi connectivity index (χ2n) is 5.51. The quantitative estimate of drug-likeness (QED) is 0.793. The summed E-state index contributed by atoms with van der Waals surface area (Å²) < 4.78 is 2.12. The van der Waals surface area contributed by atoms with E-state index in [0.29, 0.717) is 11.9 Å². The van der Waals surface area contributed by atoms with Crippen molar-refractivity contribution in [2.24, 2.45) is 5.92 Å². The molecule has 104 valence electrons. The number of anilines is 1. The highest BCUT2D eigenvalue weighted by Gasteiger charge is 2.28. The van der Waals surface area contributed by atoms with Crippen molar-refractivity contribution in [1.82, 2.24) is 9.38 Å². The minimum Gasteiger partial charge on any atom is -0.355 e. The predicted octanol–water partition coefficient (Wildman–Crippen LogP) is 4.15. The molecule has 0 spiro atoms. The Bertz CT molecular complexity index is 562. The number of halogens is 1. The van der Waals surface area contributed by atoms with Gasteiger partial charge in [-0.25, -0.2) is 4.98 Å². The molecule has 5 heteroatoms. The van der Waals surface area contributed by atoms with Gasteiger partial charge in [-0.3, -0.25) is 4.40 Å². The van der Waals surface area contributed by atoms with Crippen molar-refractivity contribution in [1.29, 1.82) is 0 Å². The largest absolute Gasteiger partial charge is 0.355 e. The molecule has 3 nitrogen and oxygen atoms in total. The molecule has 0 amide bonds. The van der Waals surface area contributed by atoms with E-state index in [9.17, 15) is 0 Å². The number of hydrogen-bond acceptors (Lipinski definition) is 3. The van der Waals surface area contributed by atoms with Gasteiger partial charge in [0.15, 0.2) is 10.8 Å². The molecule has 2 aromatic rings. The third-order valence-electron chi connectivity index (χ3n) is 4.36. The molecular formula is C14H20ClN3S. The van der Waals surface area contributed by atoms with Gasteiger partial charge in [-0.2, -0.15) is 0 Å². The first kappa shape index (κ1) is 13.3. The monoisotopic (exact) mass is 297 g/mol. The van der Waals surface area contributed by atoms with Crippen LogP contribution in [-0.2, 0) is 5.88 Å². The average molecular weight is 298 g/mol. The van der Waals surface area contributed by atoms with Crippen molar-refractivity contribution in [3.05, 3.63) is 17.3 Å². The van der Waals surface area contributed by atoms with E-state index in [1.165, 1.54) is 25.7 Å². The Balaban J connectivity index is 1.95. The lowest BCUT2D eigenvalue weighted by Crippen LogP contribution is -2.39. The molecule has 19 heavy (non-hydrogen) atoms. The summed E-state index contributed by atoms with van der Waals surface area (Å²) >= 11 is 7.81. The third-order valence-corrected chi connectivity index (χ3v) is 5.37. The number of rotatable bonds is 3. The zero-order valence-corrected chi connectivity index (χ0v) is 13.0. The Morgan fingerprint density at radius 1 is 1.47 bits per heavy atom. The van der Waals surface area contributed by atoms with Crippen molar-refractivity contribution in [3.63, 3.8) is 0 Å². The van der Waals surface area contributed by atoms with Crippen molar-refractivity contribution < 1.29 is 0 Å². The fraction of sp³-hybridized carbons (Fsp3) is 0.643. The lowest BCUT2D eigenvalue weighted by Gasteiger charge is -2.36. The molecule has 0 bridgehead atoms. The molecule has 2 heterocycles. The molecule has 0 N–H and O–H groups in total. The van der Waals surface area contributed by atoms with E-state index in [1.807, 2.05) is 0 Å². The van der Waals surface area contributed by atoms with Crippen molar-refractivity contribution in [2.45, 2.75) is 44.5 Å². The highest BCUT2D eigenvalue weighted by atomic mass is 35.5. The second kappa shape index (κ2) is 5.33. The lowest BCUT2D eigenvalue weighted by molar-refractivity contribution is 0.320. The minimum absolute atomic E-state index is 0.513. The maximum Gasteiger partial charge on any atom is 0.195 e. The molecule has 0 saturated heterocycles. The summed E-state index contributed by atoms with van der Waals surface area (Å²) in [4.78, 5) is 8.18. The lowest BCUT2D eigenvalue weighted by atomic mass is 9.85. The van der Waals surface area contributed by atoms with Gasteiger partial charge in [0.05, 0.1) is 11.6 Å². The molecule has 1 aliphatic carbocycles. The Labute approximate surface area is 123 Å². The van der Waals surface area contributed by atoms with E-state index in [2.05, 4.69) is 34.8 Å². The first-order chi connectivity index (χ1) is 9.22. The van der Waals surface area contributed by atoms with E-state index in [-0.39, 0.29) is 0 Å². The normalized spacial score (nSPS) is 23.9. The summed E-state index contributed by atoms with van der Waals surface area (Å²) in [7, 11) is 2.18. The van der Waals surface area contributed by atoms with E-state index >= 15 is 0 Å². The zero-order valence-electron chi connectivity index (χ0n) is 11.5. The van der Waals surface area contributed by atoms with Gasteiger partial charge in [-0.1, -0.05) is 19.8 Å². The fourth-order valence-corrected chi connectivity index (χ4v) is 4.23. The van der Waals surface area contributed by atoms with Gasteiger partial charge in [-0.15, -0.1) is 22.9 Å². The number of hydrogen-bond donors (Lipinski definition) is 0. The average Bonchev–Trinajstić information content (AvgIpc) is 2.98. The van der Waals surface area contributed by atoms with Crippen LogP contribution in [0.4, 0.5) is 5.82 Å². The van der Waals surface area contributed by atoms with E-state index < -0.39 is 0 Å². The third kappa shape index (κ3) is 2.25. The van der Waals surface area contributed by atoms with E-state index in [0.717, 1.165) is 22.4 Å². The Kier molecular flexibility index (Phi) is 3.72. The number of imidazole rings is 1. The number of fused-ring (bicyclic) bond motifs is 1. The van der Waals surface area contributed by atoms with Crippen LogP contribution in [0.2, 0.25) is 0 Å². The summed E-state index contributed by atoms with van der Waals surface area (Å²) in [6.07, 6.45) is 7.36. The minimum atomic E-state index is 0.513. The molecule has 2 unspecified atom stereocenters. The van der Waals surface area contributed by atoms with Crippen LogP contribution < -0.4 is 4.90 Å². The highest BCUT2D eigenvalue weighted by molar-refractivity contribution is 7.15. The molecule has 2 atom stereocenters. The van der Waals surface area contributed by atoms with Crippen LogP contribution in [0.3, 0.4) is 0 Å². The maximum absolute atomic E-state index is 6.15. The number of alkyl halides is 1. The van der Waals surface area contributed by atoms with Crippen molar-refractivity contribution >= 4 is 33.7 Å². The van der Waals surface area contributed by atoms with Crippen LogP contribution in [0.25, 0.3) is 4.96 Å². The zero-order chi connectivity index (χ0) is 13.4. The highest BCUT2D eigenvalue weighted by Crippen LogP contribution is 2.33. The van der Waals surface area contributed by atoms with Gasteiger partial charge in [0.25, 0.3) is 0 Å². The van der Waals surface area contributed by atoms with Gasteiger partial charge >= 0.3 is 0 Å². The molecule has 3 rings (SSSR count). The topological polar surface area (TPSA) is 20.5 Å². The smallest absolute Gasteiger partial charge is 0.195 e. The molecule has 1 saturated carbocycles. The van der Waals surface area contributed by atoms with Gasteiger partial charge < -0.3 is 4.90 Å². The molecule has 0 aromatic carbocycles. The summed E-state index contributed by atoms with van der Waals surface area (Å²) in [5.74, 6) is 2.32. The molecule has 0 radical (unpaired) electrons. The summed E-state index contributed by atoms with van der Waals surface area (Å²) in [5.41, 5.74) is 1.12. The standard InChI is InChI=1S/C14H20ClN3S/c1-10-5-3-4-6-11(10)17(2)13-12(9-15)18-7-8-19-14(18)16-13/h7-8,10-11H,3-6,9H2,1-2H3.